The lowest BCUT2D eigenvalue weighted by Crippen LogP contribution is -2.37. The van der Waals surface area contributed by atoms with Crippen LogP contribution in [0.3, 0.4) is 0 Å². The van der Waals surface area contributed by atoms with Gasteiger partial charge in [0.05, 0.1) is 42.6 Å². The molecule has 4 rings (SSSR count). The molecule has 0 aliphatic rings. The summed E-state index contributed by atoms with van der Waals surface area (Å²) in [4.78, 5) is 26.4. The number of nitrogens with one attached hydrogen (secondary N) is 2. The summed E-state index contributed by atoms with van der Waals surface area (Å²) in [5, 5.41) is 22.4. The van der Waals surface area contributed by atoms with E-state index in [0.29, 0.717) is 36.0 Å². The number of carbonyl (C=O) groups is 2. The average molecular weight is 565 g/mol. The first-order valence-electron chi connectivity index (χ1n) is 13.5. The number of carbonyl (C=O) groups excluding carboxylic acids is 2. The maximum absolute atomic E-state index is 13.2. The fourth-order valence-corrected chi connectivity index (χ4v) is 3.64. The molecule has 0 spiro atoms. The number of nitrogens with zero attached hydrogens (tertiary/aromatic N) is 4. The normalized spacial score (nSPS) is 11.9. The van der Waals surface area contributed by atoms with Gasteiger partial charge in [-0.1, -0.05) is 36.4 Å². The van der Waals surface area contributed by atoms with Crippen LogP contribution in [-0.2, 0) is 19.1 Å². The Labute approximate surface area is 244 Å². The van der Waals surface area contributed by atoms with E-state index in [9.17, 15) is 9.59 Å². The van der Waals surface area contributed by atoms with E-state index in [1.165, 1.54) is 0 Å². The third-order valence-corrected chi connectivity index (χ3v) is 5.84. The third kappa shape index (κ3) is 9.84. The summed E-state index contributed by atoms with van der Waals surface area (Å²) in [7, 11) is 0. The van der Waals surface area contributed by atoms with Crippen molar-refractivity contribution in [3.05, 3.63) is 109 Å². The van der Waals surface area contributed by atoms with E-state index >= 15 is 0 Å². The van der Waals surface area contributed by atoms with Gasteiger partial charge in [0.15, 0.2) is 0 Å². The lowest BCUT2D eigenvalue weighted by molar-refractivity contribution is -0.132. The highest BCUT2D eigenvalue weighted by molar-refractivity contribution is 6.11. The van der Waals surface area contributed by atoms with Gasteiger partial charge in [0.1, 0.15) is 5.92 Å². The van der Waals surface area contributed by atoms with Crippen LogP contribution < -0.4 is 10.6 Å². The van der Waals surface area contributed by atoms with Gasteiger partial charge in [0, 0.05) is 18.0 Å². The van der Waals surface area contributed by atoms with Gasteiger partial charge in [-0.25, -0.2) is 0 Å². The molecule has 10 heteroatoms. The molecule has 0 aromatic heterocycles. The second kappa shape index (κ2) is 16.3. The maximum Gasteiger partial charge on any atom is 0.239 e. The minimum absolute atomic E-state index is 0.114. The highest BCUT2D eigenvalue weighted by Crippen LogP contribution is 2.22. The van der Waals surface area contributed by atoms with Crippen molar-refractivity contribution in [2.45, 2.75) is 6.92 Å². The molecule has 2 N–H and O–H groups in total. The molecule has 2 amide bonds. The quantitative estimate of drug-likeness (QED) is 0.0922. The molecule has 10 nitrogen and oxygen atoms in total. The van der Waals surface area contributed by atoms with E-state index < -0.39 is 17.7 Å². The van der Waals surface area contributed by atoms with Crippen LogP contribution in [0.5, 0.6) is 0 Å². The number of anilines is 2. The monoisotopic (exact) mass is 564 g/mol. The van der Waals surface area contributed by atoms with Crippen molar-refractivity contribution in [1.82, 2.24) is 0 Å². The fraction of sp³-hybridized carbons (Fsp3) is 0.188. The number of rotatable bonds is 14. The van der Waals surface area contributed by atoms with Crippen molar-refractivity contribution in [2.24, 2.45) is 26.4 Å². The molecule has 42 heavy (non-hydrogen) atoms. The molecule has 0 heterocycles. The predicted octanol–water partition coefficient (Wildman–Crippen LogP) is 7.76. The number of hydrogen-bond donors (Lipinski definition) is 2. The van der Waals surface area contributed by atoms with Gasteiger partial charge in [0.25, 0.3) is 0 Å². The smallest absolute Gasteiger partial charge is 0.239 e. The second-order valence-corrected chi connectivity index (χ2v) is 8.97. The summed E-state index contributed by atoms with van der Waals surface area (Å²) in [5.41, 5.74) is 3.74. The van der Waals surface area contributed by atoms with Crippen LogP contribution in [0.1, 0.15) is 6.92 Å². The standard InChI is InChI=1S/C32H32N6O4/c1-2-41-21-22-42-23-30(31(39)33-24-13-17-28(18-14-24)37-35-26-9-5-3-6-10-26)32(40)34-25-15-19-29(20-16-25)38-36-27-11-7-4-8-12-27/h3-20,30H,2,21-23H2,1H3,(H,33,39)(H,34,40). The molecule has 0 radical (unpaired) electrons. The molecule has 214 valence electrons. The molecule has 0 saturated carbocycles. The molecule has 0 fully saturated rings. The lowest BCUT2D eigenvalue weighted by Gasteiger charge is -2.17. The van der Waals surface area contributed by atoms with Gasteiger partial charge in [-0.2, -0.15) is 20.5 Å². The zero-order valence-electron chi connectivity index (χ0n) is 23.2. The zero-order chi connectivity index (χ0) is 29.4. The Hall–Kier alpha value is -5.06. The van der Waals surface area contributed by atoms with Gasteiger partial charge >= 0.3 is 0 Å². The first kappa shape index (κ1) is 29.9. The summed E-state index contributed by atoms with van der Waals surface area (Å²) in [6.45, 7) is 2.94. The number of amides is 2. The SMILES string of the molecule is CCOCCOCC(C(=O)Nc1ccc(N=Nc2ccccc2)cc1)C(=O)Nc1ccc(N=Nc2ccccc2)cc1. The van der Waals surface area contributed by atoms with Crippen LogP contribution in [-0.4, -0.2) is 38.2 Å². The lowest BCUT2D eigenvalue weighted by atomic mass is 10.1. The van der Waals surface area contributed by atoms with Crippen LogP contribution in [0.25, 0.3) is 0 Å². The third-order valence-electron chi connectivity index (χ3n) is 5.84. The molecular formula is C32H32N6O4. The predicted molar refractivity (Wildman–Crippen MR) is 162 cm³/mol. The van der Waals surface area contributed by atoms with Crippen molar-refractivity contribution >= 4 is 45.9 Å². The number of azo groups is 2. The largest absolute Gasteiger partial charge is 0.379 e. The number of ether oxygens (including phenoxy) is 2. The number of benzene rings is 4. The van der Waals surface area contributed by atoms with Crippen LogP contribution in [0, 0.1) is 5.92 Å². The molecule has 0 unspecified atom stereocenters. The van der Waals surface area contributed by atoms with Crippen LogP contribution >= 0.6 is 0 Å². The molecule has 4 aromatic rings. The van der Waals surface area contributed by atoms with Crippen molar-refractivity contribution < 1.29 is 19.1 Å². The summed E-state index contributed by atoms with van der Waals surface area (Å²) in [6, 6.07) is 32.5. The molecular weight excluding hydrogens is 532 g/mol. The van der Waals surface area contributed by atoms with Gasteiger partial charge in [-0.15, -0.1) is 0 Å². The summed E-state index contributed by atoms with van der Waals surface area (Å²) in [6.07, 6.45) is 0. The van der Waals surface area contributed by atoms with Gasteiger partial charge < -0.3 is 20.1 Å². The Morgan fingerprint density at radius 3 is 1.36 bits per heavy atom. The summed E-state index contributed by atoms with van der Waals surface area (Å²) >= 11 is 0. The average Bonchev–Trinajstić information content (AvgIpc) is 3.03. The van der Waals surface area contributed by atoms with Crippen molar-refractivity contribution in [3.8, 4) is 0 Å². The summed E-state index contributed by atoms with van der Waals surface area (Å²) < 4.78 is 10.9. The van der Waals surface area contributed by atoms with E-state index in [-0.39, 0.29) is 13.2 Å². The van der Waals surface area contributed by atoms with Crippen LogP contribution in [0.4, 0.5) is 34.1 Å². The Balaban J connectivity index is 1.37. The Bertz CT molecular complexity index is 1350. The van der Waals surface area contributed by atoms with Crippen LogP contribution in [0.15, 0.2) is 130 Å². The van der Waals surface area contributed by atoms with Crippen LogP contribution in [0.2, 0.25) is 0 Å². The van der Waals surface area contributed by atoms with Gasteiger partial charge in [-0.3, -0.25) is 9.59 Å². The van der Waals surface area contributed by atoms with Crippen molar-refractivity contribution in [3.63, 3.8) is 0 Å². The second-order valence-electron chi connectivity index (χ2n) is 8.97. The minimum atomic E-state index is -1.11. The molecule has 4 aromatic carbocycles. The fourth-order valence-electron chi connectivity index (χ4n) is 3.64. The van der Waals surface area contributed by atoms with E-state index in [1.807, 2.05) is 67.6 Å². The highest BCUT2D eigenvalue weighted by atomic mass is 16.5. The van der Waals surface area contributed by atoms with Crippen molar-refractivity contribution in [2.75, 3.05) is 37.1 Å². The summed E-state index contributed by atoms with van der Waals surface area (Å²) in [5.74, 6) is -2.12. The topological polar surface area (TPSA) is 126 Å². The Morgan fingerprint density at radius 2 is 0.952 bits per heavy atom. The first-order chi connectivity index (χ1) is 20.6. The van der Waals surface area contributed by atoms with Gasteiger partial charge in [-0.05, 0) is 79.7 Å². The molecule has 0 saturated heterocycles. The highest BCUT2D eigenvalue weighted by Gasteiger charge is 2.27. The molecule has 0 aliphatic carbocycles. The van der Waals surface area contributed by atoms with Gasteiger partial charge in [0.2, 0.25) is 11.8 Å². The van der Waals surface area contributed by atoms with E-state index in [2.05, 4.69) is 31.1 Å². The molecule has 0 aliphatic heterocycles. The first-order valence-corrected chi connectivity index (χ1v) is 13.5. The van der Waals surface area contributed by atoms with E-state index in [4.69, 9.17) is 9.47 Å². The maximum atomic E-state index is 13.2. The Morgan fingerprint density at radius 1 is 0.571 bits per heavy atom. The number of hydrogen-bond acceptors (Lipinski definition) is 8. The Kier molecular flexibility index (Phi) is 11.6. The molecule has 0 bridgehead atoms. The van der Waals surface area contributed by atoms with Crippen molar-refractivity contribution in [1.29, 1.82) is 0 Å². The van der Waals surface area contributed by atoms with E-state index in [1.54, 1.807) is 48.5 Å². The zero-order valence-corrected chi connectivity index (χ0v) is 23.2. The molecule has 0 atom stereocenters. The minimum Gasteiger partial charge on any atom is -0.379 e. The van der Waals surface area contributed by atoms with E-state index in [0.717, 1.165) is 11.4 Å².